The van der Waals surface area contributed by atoms with Crippen LogP contribution in [-0.4, -0.2) is 12.5 Å². The van der Waals surface area contributed by atoms with Crippen molar-refractivity contribution in [1.82, 2.24) is 0 Å². The largest absolute Gasteiger partial charge is 1.00 e. The second-order valence-corrected chi connectivity index (χ2v) is 7.89. The third kappa shape index (κ3) is 6.35. The molecular formula is C26H25FNNaO3. The number of ether oxygens (including phenoxy) is 1. The van der Waals surface area contributed by atoms with Crippen LogP contribution in [0.4, 0.5) is 10.1 Å². The monoisotopic (exact) mass is 441 g/mol. The normalized spacial score (nSPS) is 12.6. The van der Waals surface area contributed by atoms with E-state index < -0.39 is 11.8 Å². The molecule has 4 rings (SSSR count). The SMILES string of the molecule is O=C([O-])CCc1ccc(COc2ccc3c(c2)N(Cc2ccccc2)CCC3)cc1F.[Na+]. The number of hydrogen-bond acceptors (Lipinski definition) is 4. The Bertz CT molecular complexity index is 1060. The van der Waals surface area contributed by atoms with Crippen LogP contribution in [0.2, 0.25) is 0 Å². The summed E-state index contributed by atoms with van der Waals surface area (Å²) in [6.07, 6.45) is 2.11. The van der Waals surface area contributed by atoms with Crippen molar-refractivity contribution in [3.05, 3.63) is 94.8 Å². The summed E-state index contributed by atoms with van der Waals surface area (Å²) in [6.45, 7) is 2.11. The van der Waals surface area contributed by atoms with Gasteiger partial charge in [0.1, 0.15) is 18.2 Å². The summed E-state index contributed by atoms with van der Waals surface area (Å²) in [5, 5.41) is 10.6. The molecule has 0 fully saturated rings. The van der Waals surface area contributed by atoms with Crippen LogP contribution in [0.3, 0.4) is 0 Å². The van der Waals surface area contributed by atoms with Gasteiger partial charge in [0.05, 0.1) is 0 Å². The molecule has 0 spiro atoms. The summed E-state index contributed by atoms with van der Waals surface area (Å²) in [5.41, 5.74) is 4.86. The van der Waals surface area contributed by atoms with E-state index in [-0.39, 0.29) is 49.0 Å². The Morgan fingerprint density at radius 1 is 1.03 bits per heavy atom. The number of aryl methyl sites for hydroxylation is 2. The van der Waals surface area contributed by atoms with E-state index in [0.717, 1.165) is 31.7 Å². The Hall–Kier alpha value is -2.34. The van der Waals surface area contributed by atoms with Gasteiger partial charge < -0.3 is 19.5 Å². The average Bonchev–Trinajstić information content (AvgIpc) is 2.78. The van der Waals surface area contributed by atoms with Crippen LogP contribution in [0, 0.1) is 5.82 Å². The Labute approximate surface area is 210 Å². The van der Waals surface area contributed by atoms with E-state index in [1.165, 1.54) is 22.9 Å². The summed E-state index contributed by atoms with van der Waals surface area (Å²) < 4.78 is 20.2. The van der Waals surface area contributed by atoms with Gasteiger partial charge in [-0.15, -0.1) is 0 Å². The number of rotatable bonds is 8. The van der Waals surface area contributed by atoms with E-state index in [0.29, 0.717) is 11.1 Å². The second-order valence-electron chi connectivity index (χ2n) is 7.89. The molecule has 6 heteroatoms. The number of carbonyl (C=O) groups excluding carboxylic acids is 1. The molecule has 0 saturated heterocycles. The molecule has 3 aromatic carbocycles. The van der Waals surface area contributed by atoms with Gasteiger partial charge in [-0.25, -0.2) is 4.39 Å². The molecule has 0 radical (unpaired) electrons. The van der Waals surface area contributed by atoms with Crippen LogP contribution in [0.5, 0.6) is 5.75 Å². The summed E-state index contributed by atoms with van der Waals surface area (Å²) in [7, 11) is 0. The van der Waals surface area contributed by atoms with Crippen LogP contribution >= 0.6 is 0 Å². The molecule has 0 N–H and O–H groups in total. The number of anilines is 1. The minimum atomic E-state index is -1.18. The van der Waals surface area contributed by atoms with Gasteiger partial charge in [0.2, 0.25) is 0 Å². The van der Waals surface area contributed by atoms with E-state index in [4.69, 9.17) is 4.74 Å². The molecule has 0 aliphatic carbocycles. The molecule has 0 aromatic heterocycles. The van der Waals surface area contributed by atoms with Crippen LogP contribution in [-0.2, 0) is 30.8 Å². The molecule has 0 amide bonds. The number of hydrogen-bond donors (Lipinski definition) is 0. The first kappa shape index (κ1) is 24.3. The van der Waals surface area contributed by atoms with Crippen LogP contribution in [0.1, 0.15) is 35.1 Å². The van der Waals surface area contributed by atoms with Gasteiger partial charge in [0, 0.05) is 30.8 Å². The van der Waals surface area contributed by atoms with Gasteiger partial charge in [0.15, 0.2) is 0 Å². The number of carbonyl (C=O) groups is 1. The van der Waals surface area contributed by atoms with Crippen molar-refractivity contribution in [3.8, 4) is 5.75 Å². The average molecular weight is 441 g/mol. The van der Waals surface area contributed by atoms with Crippen molar-refractivity contribution < 1.29 is 48.6 Å². The zero-order valence-corrected chi connectivity index (χ0v) is 20.4. The van der Waals surface area contributed by atoms with Crippen molar-refractivity contribution in [2.75, 3.05) is 11.4 Å². The molecule has 160 valence electrons. The second kappa shape index (κ2) is 11.5. The fourth-order valence-corrected chi connectivity index (χ4v) is 3.97. The first-order valence-corrected chi connectivity index (χ1v) is 10.6. The van der Waals surface area contributed by atoms with Gasteiger partial charge in [-0.2, -0.15) is 0 Å². The van der Waals surface area contributed by atoms with Crippen molar-refractivity contribution >= 4 is 11.7 Å². The number of fused-ring (bicyclic) bond motifs is 1. The fourth-order valence-electron chi connectivity index (χ4n) is 3.97. The number of carboxylic acids is 1. The van der Waals surface area contributed by atoms with Gasteiger partial charge in [-0.3, -0.25) is 0 Å². The topological polar surface area (TPSA) is 52.6 Å². The van der Waals surface area contributed by atoms with E-state index >= 15 is 0 Å². The fraction of sp³-hybridized carbons (Fsp3) is 0.269. The zero-order chi connectivity index (χ0) is 21.6. The van der Waals surface area contributed by atoms with Gasteiger partial charge >= 0.3 is 29.6 Å². The third-order valence-corrected chi connectivity index (χ3v) is 5.61. The summed E-state index contributed by atoms with van der Waals surface area (Å²) in [5.74, 6) is -0.845. The van der Waals surface area contributed by atoms with Crippen molar-refractivity contribution in [1.29, 1.82) is 0 Å². The van der Waals surface area contributed by atoms with Crippen LogP contribution in [0.25, 0.3) is 0 Å². The number of carboxylic acid groups (broad SMARTS) is 1. The Kier molecular flexibility index (Phi) is 8.74. The predicted molar refractivity (Wildman–Crippen MR) is 116 cm³/mol. The van der Waals surface area contributed by atoms with Crippen LogP contribution in [0.15, 0.2) is 66.7 Å². The van der Waals surface area contributed by atoms with E-state index in [2.05, 4.69) is 41.3 Å². The number of benzene rings is 3. The van der Waals surface area contributed by atoms with Gasteiger partial charge in [-0.1, -0.05) is 48.5 Å². The minimum absolute atomic E-state index is 0. The standard InChI is InChI=1S/C26H26FNO3.Na/c27-24-15-20(8-9-21(24)11-13-26(29)30)18-31-23-12-10-22-7-4-14-28(25(22)16-23)17-19-5-2-1-3-6-19;/h1-3,5-6,8-10,12,15-16H,4,7,11,13-14,17-18H2,(H,29,30);/q;+1/p-1. The first-order chi connectivity index (χ1) is 15.1. The van der Waals surface area contributed by atoms with Gasteiger partial charge in [-0.05, 0) is 60.1 Å². The van der Waals surface area contributed by atoms with Gasteiger partial charge in [0.25, 0.3) is 0 Å². The molecule has 0 atom stereocenters. The molecule has 0 unspecified atom stereocenters. The number of aliphatic carboxylic acids is 1. The molecule has 32 heavy (non-hydrogen) atoms. The summed E-state index contributed by atoms with van der Waals surface area (Å²) in [6, 6.07) is 21.4. The molecule has 1 heterocycles. The summed E-state index contributed by atoms with van der Waals surface area (Å²) in [4.78, 5) is 13.0. The van der Waals surface area contributed by atoms with Crippen LogP contribution < -0.4 is 44.3 Å². The first-order valence-electron chi connectivity index (χ1n) is 10.6. The van der Waals surface area contributed by atoms with E-state index in [9.17, 15) is 14.3 Å². The molecule has 4 nitrogen and oxygen atoms in total. The number of nitrogens with zero attached hydrogens (tertiary/aromatic N) is 1. The minimum Gasteiger partial charge on any atom is -0.550 e. The Morgan fingerprint density at radius 3 is 2.59 bits per heavy atom. The predicted octanol–water partition coefficient (Wildman–Crippen LogP) is 1.04. The van der Waals surface area contributed by atoms with Crippen molar-refractivity contribution in [2.24, 2.45) is 0 Å². The quantitative estimate of drug-likeness (QED) is 0.491. The molecular weight excluding hydrogens is 416 g/mol. The molecule has 0 saturated carbocycles. The van der Waals surface area contributed by atoms with Crippen molar-refractivity contribution in [2.45, 2.75) is 38.8 Å². The van der Waals surface area contributed by atoms with E-state index in [1.807, 2.05) is 12.1 Å². The molecule has 1 aliphatic heterocycles. The van der Waals surface area contributed by atoms with Crippen molar-refractivity contribution in [3.63, 3.8) is 0 Å². The maximum Gasteiger partial charge on any atom is 1.00 e. The molecule has 3 aromatic rings. The zero-order valence-electron chi connectivity index (χ0n) is 18.4. The number of halogens is 1. The van der Waals surface area contributed by atoms with E-state index in [1.54, 1.807) is 12.1 Å². The maximum atomic E-state index is 14.2. The molecule has 0 bridgehead atoms. The molecule has 1 aliphatic rings. The maximum absolute atomic E-state index is 14.2. The Balaban J connectivity index is 0.00000289. The Morgan fingerprint density at radius 2 is 1.84 bits per heavy atom. The smallest absolute Gasteiger partial charge is 0.550 e. The summed E-state index contributed by atoms with van der Waals surface area (Å²) >= 11 is 0. The third-order valence-electron chi connectivity index (χ3n) is 5.61.